The molecule has 1 unspecified atom stereocenters. The zero-order valence-corrected chi connectivity index (χ0v) is 10.8. The number of anilines is 1. The number of hydrogen-bond donors (Lipinski definition) is 1. The van der Waals surface area contributed by atoms with E-state index in [2.05, 4.69) is 48.5 Å². The van der Waals surface area contributed by atoms with Gasteiger partial charge in [0.1, 0.15) is 0 Å². The van der Waals surface area contributed by atoms with E-state index >= 15 is 0 Å². The summed E-state index contributed by atoms with van der Waals surface area (Å²) in [5, 5.41) is 3.48. The minimum atomic E-state index is 0.511. The molecule has 0 saturated carbocycles. The maximum absolute atomic E-state index is 5.45. The molecule has 3 heteroatoms. The molecular formula is C14H22N2O. The van der Waals surface area contributed by atoms with Gasteiger partial charge in [0.05, 0.1) is 13.2 Å². The Hall–Kier alpha value is -1.06. The van der Waals surface area contributed by atoms with E-state index in [1.807, 2.05) is 0 Å². The van der Waals surface area contributed by atoms with Crippen LogP contribution in [-0.4, -0.2) is 39.4 Å². The fraction of sp³-hybridized carbons (Fsp3) is 0.571. The number of ether oxygens (including phenoxy) is 1. The predicted molar refractivity (Wildman–Crippen MR) is 71.7 cm³/mol. The minimum Gasteiger partial charge on any atom is -0.379 e. The summed E-state index contributed by atoms with van der Waals surface area (Å²) in [5.41, 5.74) is 2.59. The summed E-state index contributed by atoms with van der Waals surface area (Å²) in [5.74, 6) is 0. The van der Waals surface area contributed by atoms with E-state index in [4.69, 9.17) is 4.74 Å². The van der Waals surface area contributed by atoms with Crippen molar-refractivity contribution in [3.05, 3.63) is 29.8 Å². The number of hydrogen-bond acceptors (Lipinski definition) is 3. The van der Waals surface area contributed by atoms with Gasteiger partial charge >= 0.3 is 0 Å². The fourth-order valence-corrected chi connectivity index (χ4v) is 2.08. The van der Waals surface area contributed by atoms with E-state index in [1.54, 1.807) is 0 Å². The van der Waals surface area contributed by atoms with Gasteiger partial charge in [0.15, 0.2) is 0 Å². The minimum absolute atomic E-state index is 0.511. The van der Waals surface area contributed by atoms with Crippen molar-refractivity contribution in [2.75, 3.05) is 38.3 Å². The molecule has 2 rings (SSSR count). The second-order valence-electron chi connectivity index (χ2n) is 4.77. The Morgan fingerprint density at radius 2 is 2.12 bits per heavy atom. The number of aryl methyl sites for hydroxylation is 1. The van der Waals surface area contributed by atoms with Crippen LogP contribution in [0.3, 0.4) is 0 Å². The van der Waals surface area contributed by atoms with Crippen LogP contribution >= 0.6 is 0 Å². The van der Waals surface area contributed by atoms with Crippen molar-refractivity contribution in [3.63, 3.8) is 0 Å². The van der Waals surface area contributed by atoms with Crippen molar-refractivity contribution in [1.29, 1.82) is 0 Å². The fourth-order valence-electron chi connectivity index (χ4n) is 2.08. The maximum Gasteiger partial charge on any atom is 0.0620 e. The molecule has 0 radical (unpaired) electrons. The highest BCUT2D eigenvalue weighted by Crippen LogP contribution is 2.14. The van der Waals surface area contributed by atoms with Crippen molar-refractivity contribution in [3.8, 4) is 0 Å². The lowest BCUT2D eigenvalue weighted by Gasteiger charge is -2.27. The van der Waals surface area contributed by atoms with E-state index in [-0.39, 0.29) is 0 Å². The third-order valence-corrected chi connectivity index (χ3v) is 3.29. The topological polar surface area (TPSA) is 24.5 Å². The summed E-state index contributed by atoms with van der Waals surface area (Å²) in [4.78, 5) is 2.30. The van der Waals surface area contributed by atoms with Gasteiger partial charge in [-0.05, 0) is 25.5 Å². The van der Waals surface area contributed by atoms with Crippen LogP contribution in [0.25, 0.3) is 0 Å². The number of rotatable bonds is 4. The highest BCUT2D eigenvalue weighted by Gasteiger charge is 2.13. The zero-order chi connectivity index (χ0) is 12.1. The first kappa shape index (κ1) is 12.4. The van der Waals surface area contributed by atoms with Gasteiger partial charge in [0.25, 0.3) is 0 Å². The number of morpholine rings is 1. The van der Waals surface area contributed by atoms with Crippen molar-refractivity contribution >= 4 is 5.69 Å². The van der Waals surface area contributed by atoms with Crippen molar-refractivity contribution in [1.82, 2.24) is 5.32 Å². The molecule has 1 aromatic rings. The first-order chi connectivity index (χ1) is 8.25. The predicted octanol–water partition coefficient (Wildman–Crippen LogP) is 1.81. The van der Waals surface area contributed by atoms with Crippen LogP contribution in [0.5, 0.6) is 0 Å². The molecule has 0 aromatic heterocycles. The van der Waals surface area contributed by atoms with Gasteiger partial charge in [-0.2, -0.15) is 0 Å². The highest BCUT2D eigenvalue weighted by atomic mass is 16.5. The van der Waals surface area contributed by atoms with Crippen LogP contribution in [0.2, 0.25) is 0 Å². The van der Waals surface area contributed by atoms with Crippen molar-refractivity contribution in [2.45, 2.75) is 19.4 Å². The van der Waals surface area contributed by atoms with Crippen LogP contribution in [0.1, 0.15) is 12.0 Å². The molecule has 1 aliphatic heterocycles. The molecule has 1 fully saturated rings. The molecular weight excluding hydrogens is 212 g/mol. The standard InChI is InChI=1S/C14H22N2O/c1-12-3-5-14(6-4-12)16(2)9-7-13-11-17-10-8-15-13/h3-6,13,15H,7-11H2,1-2H3. The Labute approximate surface area is 104 Å². The summed E-state index contributed by atoms with van der Waals surface area (Å²) in [6.45, 7) is 5.86. The van der Waals surface area contributed by atoms with E-state index in [0.29, 0.717) is 6.04 Å². The number of nitrogens with one attached hydrogen (secondary N) is 1. The molecule has 1 aliphatic rings. The van der Waals surface area contributed by atoms with Crippen LogP contribution in [0.15, 0.2) is 24.3 Å². The molecule has 1 aromatic carbocycles. The molecule has 1 N–H and O–H groups in total. The summed E-state index contributed by atoms with van der Waals surface area (Å²) in [7, 11) is 2.15. The molecule has 0 amide bonds. The normalized spacial score (nSPS) is 20.2. The zero-order valence-electron chi connectivity index (χ0n) is 10.8. The Morgan fingerprint density at radius 3 is 2.76 bits per heavy atom. The molecule has 94 valence electrons. The average molecular weight is 234 g/mol. The largest absolute Gasteiger partial charge is 0.379 e. The molecule has 1 atom stereocenters. The quantitative estimate of drug-likeness (QED) is 0.860. The van der Waals surface area contributed by atoms with E-state index < -0.39 is 0 Å². The van der Waals surface area contributed by atoms with Crippen LogP contribution < -0.4 is 10.2 Å². The van der Waals surface area contributed by atoms with Gasteiger partial charge in [-0.15, -0.1) is 0 Å². The molecule has 0 aliphatic carbocycles. The van der Waals surface area contributed by atoms with Crippen LogP contribution in [0, 0.1) is 6.92 Å². The molecule has 1 saturated heterocycles. The molecule has 0 spiro atoms. The van der Waals surface area contributed by atoms with Crippen molar-refractivity contribution < 1.29 is 4.74 Å². The van der Waals surface area contributed by atoms with Gasteiger partial charge in [-0.1, -0.05) is 17.7 Å². The lowest BCUT2D eigenvalue weighted by Crippen LogP contribution is -2.42. The molecule has 1 heterocycles. The van der Waals surface area contributed by atoms with Gasteiger partial charge in [0.2, 0.25) is 0 Å². The average Bonchev–Trinajstić information content (AvgIpc) is 2.38. The van der Waals surface area contributed by atoms with Gasteiger partial charge in [-0.25, -0.2) is 0 Å². The molecule has 17 heavy (non-hydrogen) atoms. The first-order valence-corrected chi connectivity index (χ1v) is 6.34. The van der Waals surface area contributed by atoms with Gasteiger partial charge in [0, 0.05) is 31.9 Å². The first-order valence-electron chi connectivity index (χ1n) is 6.34. The van der Waals surface area contributed by atoms with Crippen molar-refractivity contribution in [2.24, 2.45) is 0 Å². The molecule has 0 bridgehead atoms. The third kappa shape index (κ3) is 3.72. The summed E-state index contributed by atoms with van der Waals surface area (Å²) < 4.78 is 5.45. The van der Waals surface area contributed by atoms with Crippen LogP contribution in [0.4, 0.5) is 5.69 Å². The monoisotopic (exact) mass is 234 g/mol. The second kappa shape index (κ2) is 6.03. The Balaban J connectivity index is 1.80. The Bertz CT molecular complexity index is 331. The van der Waals surface area contributed by atoms with Gasteiger partial charge < -0.3 is 15.0 Å². The highest BCUT2D eigenvalue weighted by molar-refractivity contribution is 5.46. The lowest BCUT2D eigenvalue weighted by atomic mass is 10.1. The smallest absolute Gasteiger partial charge is 0.0620 e. The number of nitrogens with zero attached hydrogens (tertiary/aromatic N) is 1. The molecule has 3 nitrogen and oxygen atoms in total. The maximum atomic E-state index is 5.45. The Kier molecular flexibility index (Phi) is 4.40. The summed E-state index contributed by atoms with van der Waals surface area (Å²) in [6, 6.07) is 9.19. The SMILES string of the molecule is Cc1ccc(N(C)CCC2COCCN2)cc1. The van der Waals surface area contributed by atoms with Crippen LogP contribution in [-0.2, 0) is 4.74 Å². The lowest BCUT2D eigenvalue weighted by molar-refractivity contribution is 0.0749. The second-order valence-corrected chi connectivity index (χ2v) is 4.77. The third-order valence-electron chi connectivity index (χ3n) is 3.29. The summed E-state index contributed by atoms with van der Waals surface area (Å²) >= 11 is 0. The van der Waals surface area contributed by atoms with E-state index in [0.717, 1.165) is 32.7 Å². The van der Waals surface area contributed by atoms with Gasteiger partial charge in [-0.3, -0.25) is 0 Å². The summed E-state index contributed by atoms with van der Waals surface area (Å²) in [6.07, 6.45) is 1.13. The number of benzene rings is 1. The Morgan fingerprint density at radius 1 is 1.35 bits per heavy atom. The van der Waals surface area contributed by atoms with E-state index in [1.165, 1.54) is 11.3 Å². The van der Waals surface area contributed by atoms with E-state index in [9.17, 15) is 0 Å².